The van der Waals surface area contributed by atoms with Gasteiger partial charge < -0.3 is 8.98 Å². The molecule has 0 unspecified atom stereocenters. The van der Waals surface area contributed by atoms with Gasteiger partial charge in [0, 0.05) is 44.6 Å². The molecule has 3 heterocycles. The average Bonchev–Trinajstić information content (AvgIpc) is 3.69. The van der Waals surface area contributed by atoms with Crippen molar-refractivity contribution in [3.63, 3.8) is 0 Å². The molecule has 0 radical (unpaired) electrons. The molecule has 7 aromatic carbocycles. The van der Waals surface area contributed by atoms with Gasteiger partial charge in [-0.1, -0.05) is 78.9 Å². The van der Waals surface area contributed by atoms with Gasteiger partial charge in [-0.05, 0) is 93.8 Å². The van der Waals surface area contributed by atoms with E-state index in [0.717, 1.165) is 82.6 Å². The molecule has 10 aromatic rings. The summed E-state index contributed by atoms with van der Waals surface area (Å²) in [5.74, 6) is 0. The smallest absolute Gasteiger partial charge is 0.145 e. The number of hydrogen-bond acceptors (Lipinski definition) is 3. The summed E-state index contributed by atoms with van der Waals surface area (Å²) in [5.41, 5.74) is 9.53. The highest BCUT2D eigenvalue weighted by Gasteiger charge is 2.18. The van der Waals surface area contributed by atoms with Crippen molar-refractivity contribution < 1.29 is 4.42 Å². The fourth-order valence-electron chi connectivity index (χ4n) is 7.35. The van der Waals surface area contributed by atoms with Crippen LogP contribution in [0.5, 0.6) is 0 Å². The Hall–Kier alpha value is -6.70. The molecule has 48 heavy (non-hydrogen) atoms. The lowest BCUT2D eigenvalue weighted by atomic mass is 9.97. The Morgan fingerprint density at radius 3 is 2.06 bits per heavy atom. The van der Waals surface area contributed by atoms with E-state index in [0.29, 0.717) is 5.56 Å². The maximum absolute atomic E-state index is 9.68. The van der Waals surface area contributed by atoms with E-state index >= 15 is 0 Å². The first-order valence-electron chi connectivity index (χ1n) is 16.0. The van der Waals surface area contributed by atoms with E-state index in [1.807, 2.05) is 30.5 Å². The van der Waals surface area contributed by atoms with Crippen LogP contribution in [-0.2, 0) is 0 Å². The zero-order chi connectivity index (χ0) is 31.8. The van der Waals surface area contributed by atoms with Crippen LogP contribution in [0.3, 0.4) is 0 Å². The third-order valence-corrected chi connectivity index (χ3v) is 9.61. The first kappa shape index (κ1) is 26.5. The number of aromatic nitrogens is 2. The molecule has 3 aromatic heterocycles. The van der Waals surface area contributed by atoms with E-state index in [1.54, 1.807) is 0 Å². The predicted octanol–water partition coefficient (Wildman–Crippen LogP) is 11.6. The van der Waals surface area contributed by atoms with E-state index in [2.05, 4.69) is 132 Å². The van der Waals surface area contributed by atoms with Gasteiger partial charge in [-0.3, -0.25) is 4.98 Å². The van der Waals surface area contributed by atoms with E-state index < -0.39 is 0 Å². The van der Waals surface area contributed by atoms with Crippen molar-refractivity contribution in [1.29, 1.82) is 5.26 Å². The van der Waals surface area contributed by atoms with Crippen LogP contribution in [0.1, 0.15) is 5.56 Å². The summed E-state index contributed by atoms with van der Waals surface area (Å²) in [5, 5.41) is 18.7. The largest absolute Gasteiger partial charge is 0.455 e. The topological polar surface area (TPSA) is 54.8 Å². The normalized spacial score (nSPS) is 11.7. The van der Waals surface area contributed by atoms with Gasteiger partial charge in [0.15, 0.2) is 0 Å². The van der Waals surface area contributed by atoms with E-state index in [9.17, 15) is 5.26 Å². The highest BCUT2D eigenvalue weighted by Crippen LogP contribution is 2.42. The minimum atomic E-state index is 0.645. The molecule has 0 aliphatic heterocycles. The van der Waals surface area contributed by atoms with Gasteiger partial charge in [0.25, 0.3) is 0 Å². The summed E-state index contributed by atoms with van der Waals surface area (Å²) >= 11 is 0. The number of benzene rings is 7. The molecule has 4 nitrogen and oxygen atoms in total. The SMILES string of the molecule is N#Cc1ccc2c(c1)c1cc(-c3ccc(-c4cc5ccccc5c5c4oc4cc6ccccc6cc45)nc3)ccc1n2-c1ccccc1. The lowest BCUT2D eigenvalue weighted by molar-refractivity contribution is 0.670. The zero-order valence-electron chi connectivity index (χ0n) is 25.7. The summed E-state index contributed by atoms with van der Waals surface area (Å²) < 4.78 is 8.91. The van der Waals surface area contributed by atoms with Gasteiger partial charge in [0.05, 0.1) is 28.4 Å². The van der Waals surface area contributed by atoms with Crippen molar-refractivity contribution in [2.75, 3.05) is 0 Å². The highest BCUT2D eigenvalue weighted by molar-refractivity contribution is 6.24. The van der Waals surface area contributed by atoms with Gasteiger partial charge in [-0.2, -0.15) is 5.26 Å². The number of hydrogen-bond donors (Lipinski definition) is 0. The van der Waals surface area contributed by atoms with Crippen LogP contribution in [0.15, 0.2) is 156 Å². The summed E-state index contributed by atoms with van der Waals surface area (Å²) in [7, 11) is 0. The van der Waals surface area contributed by atoms with E-state index in [-0.39, 0.29) is 0 Å². The summed E-state index contributed by atoms with van der Waals surface area (Å²) in [6, 6.07) is 52.8. The number of rotatable bonds is 3. The standard InChI is InChI=1S/C44H25N3O/c45-25-27-14-18-40-35(20-27)36-21-30(16-19-41(36)47(40)33-11-2-1-3-12-33)32-15-17-39(46-26-32)37-23-31-10-6-7-13-34(31)43-38-22-28-8-4-5-9-29(28)24-42(38)48-44(37)43/h1-24,26H. The molecule has 0 spiro atoms. The van der Waals surface area contributed by atoms with Gasteiger partial charge in [0.2, 0.25) is 0 Å². The molecule has 0 bridgehead atoms. The van der Waals surface area contributed by atoms with Crippen molar-refractivity contribution >= 4 is 65.3 Å². The van der Waals surface area contributed by atoms with Crippen LogP contribution in [0.4, 0.5) is 0 Å². The van der Waals surface area contributed by atoms with Gasteiger partial charge in [0.1, 0.15) is 11.2 Å². The monoisotopic (exact) mass is 611 g/mol. The Balaban J connectivity index is 1.14. The summed E-state index contributed by atoms with van der Waals surface area (Å²) in [6.07, 6.45) is 1.95. The molecular formula is C44H25N3O. The van der Waals surface area contributed by atoms with Crippen LogP contribution in [0.25, 0.3) is 93.4 Å². The number of para-hydroxylation sites is 1. The fourth-order valence-corrected chi connectivity index (χ4v) is 7.35. The molecule has 0 amide bonds. The molecule has 222 valence electrons. The molecule has 4 heteroatoms. The van der Waals surface area contributed by atoms with E-state index in [1.165, 1.54) is 10.8 Å². The van der Waals surface area contributed by atoms with Crippen molar-refractivity contribution in [2.45, 2.75) is 0 Å². The Kier molecular flexibility index (Phi) is 5.61. The molecule has 0 saturated heterocycles. The number of fused-ring (bicyclic) bond motifs is 9. The average molecular weight is 612 g/mol. The van der Waals surface area contributed by atoms with Crippen molar-refractivity contribution in [2.24, 2.45) is 0 Å². The molecule has 0 atom stereocenters. The third kappa shape index (κ3) is 3.92. The van der Waals surface area contributed by atoms with Crippen LogP contribution in [0.2, 0.25) is 0 Å². The molecule has 0 N–H and O–H groups in total. The quantitative estimate of drug-likeness (QED) is 0.200. The van der Waals surface area contributed by atoms with Crippen LogP contribution >= 0.6 is 0 Å². The number of pyridine rings is 1. The number of nitrogens with zero attached hydrogens (tertiary/aromatic N) is 3. The Morgan fingerprint density at radius 2 is 1.27 bits per heavy atom. The number of furan rings is 1. The fraction of sp³-hybridized carbons (Fsp3) is 0. The lowest BCUT2D eigenvalue weighted by Gasteiger charge is -2.09. The Morgan fingerprint density at radius 1 is 0.562 bits per heavy atom. The van der Waals surface area contributed by atoms with Gasteiger partial charge in [-0.15, -0.1) is 0 Å². The minimum absolute atomic E-state index is 0.645. The van der Waals surface area contributed by atoms with Crippen molar-refractivity contribution in [1.82, 2.24) is 9.55 Å². The minimum Gasteiger partial charge on any atom is -0.455 e. The van der Waals surface area contributed by atoms with Crippen molar-refractivity contribution in [3.05, 3.63) is 157 Å². The maximum atomic E-state index is 9.68. The molecule has 0 aliphatic rings. The molecule has 0 saturated carbocycles. The lowest BCUT2D eigenvalue weighted by Crippen LogP contribution is -1.93. The number of nitriles is 1. The molecular weight excluding hydrogens is 587 g/mol. The predicted molar refractivity (Wildman–Crippen MR) is 196 cm³/mol. The van der Waals surface area contributed by atoms with E-state index in [4.69, 9.17) is 9.40 Å². The summed E-state index contributed by atoms with van der Waals surface area (Å²) in [4.78, 5) is 5.02. The van der Waals surface area contributed by atoms with Crippen LogP contribution < -0.4 is 0 Å². The Labute approximate surface area is 275 Å². The summed E-state index contributed by atoms with van der Waals surface area (Å²) in [6.45, 7) is 0. The first-order chi connectivity index (χ1) is 23.7. The highest BCUT2D eigenvalue weighted by atomic mass is 16.3. The third-order valence-electron chi connectivity index (χ3n) is 9.61. The second-order valence-corrected chi connectivity index (χ2v) is 12.3. The van der Waals surface area contributed by atoms with Crippen molar-refractivity contribution in [3.8, 4) is 34.1 Å². The first-order valence-corrected chi connectivity index (χ1v) is 16.0. The molecule has 0 aliphatic carbocycles. The van der Waals surface area contributed by atoms with Crippen LogP contribution in [0, 0.1) is 11.3 Å². The second-order valence-electron chi connectivity index (χ2n) is 12.3. The molecule has 10 rings (SSSR count). The maximum Gasteiger partial charge on any atom is 0.145 e. The van der Waals surface area contributed by atoms with Crippen LogP contribution in [-0.4, -0.2) is 9.55 Å². The zero-order valence-corrected chi connectivity index (χ0v) is 25.7. The van der Waals surface area contributed by atoms with Gasteiger partial charge >= 0.3 is 0 Å². The Bertz CT molecular complexity index is 2940. The second kappa shape index (κ2) is 10.2. The van der Waals surface area contributed by atoms with Gasteiger partial charge in [-0.25, -0.2) is 0 Å². The molecule has 0 fully saturated rings.